The van der Waals surface area contributed by atoms with Crippen LogP contribution in [0.15, 0.2) is 127 Å². The smallest absolute Gasteiger partial charge is 0.342 e. The minimum Gasteiger partial charge on any atom is -0.486 e. The summed E-state index contributed by atoms with van der Waals surface area (Å²) in [7, 11) is 0. The molecule has 4 aliphatic carbocycles. The van der Waals surface area contributed by atoms with Crippen LogP contribution in [0.3, 0.4) is 0 Å². The van der Waals surface area contributed by atoms with Crippen LogP contribution in [-0.2, 0) is 35.9 Å². The number of allylic oxidation sites excluding steroid dienone is 1. The van der Waals surface area contributed by atoms with Gasteiger partial charge in [0.15, 0.2) is 11.5 Å². The highest BCUT2D eigenvalue weighted by Crippen LogP contribution is 2.69. The predicted octanol–water partition coefficient (Wildman–Crippen LogP) is 19.4. The van der Waals surface area contributed by atoms with Crippen molar-refractivity contribution in [3.63, 3.8) is 0 Å². The van der Waals surface area contributed by atoms with Crippen LogP contribution in [0, 0.1) is 98.6 Å². The number of carbonyl (C=O) groups excluding carboxylic acids is 2. The van der Waals surface area contributed by atoms with Crippen molar-refractivity contribution in [3.05, 3.63) is 222 Å². The molecule has 4 fully saturated rings. The monoisotopic (exact) mass is 1310 g/mol. The van der Waals surface area contributed by atoms with Crippen molar-refractivity contribution in [1.82, 2.24) is 0 Å². The van der Waals surface area contributed by atoms with Gasteiger partial charge in [-0.2, -0.15) is 0 Å². The number of rotatable bonds is 26. The summed E-state index contributed by atoms with van der Waals surface area (Å²) in [6, 6.07) is 29.1. The zero-order valence-electron chi connectivity index (χ0n) is 53.2. The Morgan fingerprint density at radius 3 is 1.47 bits per heavy atom. The van der Waals surface area contributed by atoms with E-state index in [2.05, 4.69) is 34.6 Å². The van der Waals surface area contributed by atoms with Crippen molar-refractivity contribution in [2.75, 3.05) is 0 Å². The lowest BCUT2D eigenvalue weighted by Gasteiger charge is -2.61. The van der Waals surface area contributed by atoms with E-state index in [-0.39, 0.29) is 87.3 Å². The van der Waals surface area contributed by atoms with Gasteiger partial charge in [0.05, 0.1) is 29.7 Å². The largest absolute Gasteiger partial charge is 0.486 e. The third kappa shape index (κ3) is 15.6. The SMILES string of the molecule is CC(C)CCC[C@@H](C)[C@H]1CC[C@H]2[C@@H]3CCC4C[C@@H](CCC=C(c5cc(Cl)c(OCc6cccc([N+](=O)[O-])c6)c(C(=O)OCc6cccc([N+](=O)[O-])c6)c5)c5cc(Cl)c(OCc6cccc([N+](=O)[O-])c6)c(C(=O)OCc6cccc([N+](=O)[O-])c6)c5)CC[C@]4(C)[C@H]3CC[C@]12C. The standard InChI is InChI=1S/C73H80Cl2N4O14/c1-45(2)12-6-13-46(3)63-26-27-64-60-25-24-54-32-47(28-30-72(54,4)65(60)29-31-73(63,64)5)14-11-23-59(52-37-61(70(80)92-43-50-17-9-21-57(35-50)78(86)87)68(66(74)39-52)90-41-48-15-7-19-55(33-48)76(82)83)53-38-62(71(81)93-44-51-18-10-22-58(36-51)79(88)89)69(67(75)40-53)91-42-49-16-8-20-56(34-49)77(84)85/h7-10,15-23,33-40,45-47,54,60,63-65H,6,11-14,24-32,41-44H2,1-5H3/t46-,47+,54?,60+,63-,64+,65+,72+,73-/m1/s1. The van der Waals surface area contributed by atoms with Gasteiger partial charge in [-0.05, 0) is 192 Å². The molecule has 0 aromatic heterocycles. The first-order valence-corrected chi connectivity index (χ1v) is 33.2. The summed E-state index contributed by atoms with van der Waals surface area (Å²) in [5, 5.41) is 46.9. The zero-order valence-corrected chi connectivity index (χ0v) is 54.7. The van der Waals surface area contributed by atoms with Crippen molar-refractivity contribution in [1.29, 1.82) is 0 Å². The minimum atomic E-state index is -0.922. The average molecular weight is 1310 g/mol. The predicted molar refractivity (Wildman–Crippen MR) is 355 cm³/mol. The highest BCUT2D eigenvalue weighted by molar-refractivity contribution is 6.33. The molecular weight excluding hydrogens is 1230 g/mol. The number of benzene rings is 6. The second-order valence-electron chi connectivity index (χ2n) is 27.1. The van der Waals surface area contributed by atoms with Crippen molar-refractivity contribution >= 4 is 63.5 Å². The van der Waals surface area contributed by atoms with E-state index in [0.29, 0.717) is 68.5 Å². The first-order chi connectivity index (χ1) is 44.5. The molecule has 0 heterocycles. The van der Waals surface area contributed by atoms with Crippen LogP contribution < -0.4 is 9.47 Å². The van der Waals surface area contributed by atoms with E-state index in [0.717, 1.165) is 55.3 Å². The lowest BCUT2D eigenvalue weighted by Crippen LogP contribution is -2.53. The highest BCUT2D eigenvalue weighted by atomic mass is 35.5. The van der Waals surface area contributed by atoms with E-state index < -0.39 is 31.6 Å². The molecule has 18 nitrogen and oxygen atoms in total. The maximum absolute atomic E-state index is 14.6. The molecule has 20 heteroatoms. The van der Waals surface area contributed by atoms with Crippen LogP contribution in [0.25, 0.3) is 5.57 Å². The molecule has 0 aliphatic heterocycles. The van der Waals surface area contributed by atoms with Gasteiger partial charge in [-0.3, -0.25) is 40.5 Å². The number of nitro groups is 4. The number of carbonyl (C=O) groups is 2. The molecule has 4 aliphatic rings. The van der Waals surface area contributed by atoms with E-state index in [1.807, 2.05) is 6.08 Å². The molecule has 0 saturated heterocycles. The fourth-order valence-corrected chi connectivity index (χ4v) is 16.9. The van der Waals surface area contributed by atoms with Crippen LogP contribution in [0.5, 0.6) is 11.5 Å². The molecule has 0 bridgehead atoms. The quantitative estimate of drug-likeness (QED) is 0.0279. The molecule has 93 heavy (non-hydrogen) atoms. The van der Waals surface area contributed by atoms with Gasteiger partial charge in [-0.25, -0.2) is 9.59 Å². The lowest BCUT2D eigenvalue weighted by atomic mass is 9.44. The Morgan fingerprint density at radius 1 is 0.559 bits per heavy atom. The molecule has 0 amide bonds. The minimum absolute atomic E-state index is 0.0554. The normalized spacial score (nSPS) is 22.5. The Labute approximate surface area is 552 Å². The van der Waals surface area contributed by atoms with Gasteiger partial charge in [0.1, 0.15) is 37.6 Å². The Balaban J connectivity index is 0.995. The topological polar surface area (TPSA) is 244 Å². The van der Waals surface area contributed by atoms with Crippen LogP contribution in [-0.4, -0.2) is 31.6 Å². The Morgan fingerprint density at radius 2 is 1.01 bits per heavy atom. The maximum Gasteiger partial charge on any atom is 0.342 e. The number of hydrogen-bond donors (Lipinski definition) is 0. The van der Waals surface area contributed by atoms with Gasteiger partial charge in [-0.1, -0.05) is 132 Å². The Bertz CT molecular complexity index is 3650. The number of nitrogens with zero attached hydrogens (tertiary/aromatic N) is 4. The number of hydrogen-bond acceptors (Lipinski definition) is 14. The van der Waals surface area contributed by atoms with Gasteiger partial charge < -0.3 is 18.9 Å². The molecule has 4 saturated carbocycles. The number of ether oxygens (including phenoxy) is 4. The summed E-state index contributed by atoms with van der Waals surface area (Å²) >= 11 is 14.5. The second-order valence-corrected chi connectivity index (χ2v) is 27.9. The molecule has 6 aromatic rings. The summed E-state index contributed by atoms with van der Waals surface area (Å²) < 4.78 is 24.3. The van der Waals surface area contributed by atoms with E-state index in [1.165, 1.54) is 143 Å². The summed E-state index contributed by atoms with van der Waals surface area (Å²) in [5.74, 6) is 3.43. The lowest BCUT2D eigenvalue weighted by molar-refractivity contribution is -0.385. The van der Waals surface area contributed by atoms with Crippen molar-refractivity contribution in [2.24, 2.45) is 58.2 Å². The Hall–Kier alpha value is -8.22. The molecule has 10 rings (SSSR count). The van der Waals surface area contributed by atoms with E-state index in [9.17, 15) is 50.0 Å². The first kappa shape index (κ1) is 67.7. The number of esters is 2. The van der Waals surface area contributed by atoms with Gasteiger partial charge in [0, 0.05) is 48.5 Å². The second kappa shape index (κ2) is 29.4. The van der Waals surface area contributed by atoms with Gasteiger partial charge >= 0.3 is 11.9 Å². The first-order valence-electron chi connectivity index (χ1n) is 32.4. The Kier molecular flexibility index (Phi) is 21.4. The van der Waals surface area contributed by atoms with Crippen LogP contribution in [0.1, 0.15) is 179 Å². The summed E-state index contributed by atoms with van der Waals surface area (Å²) in [6.45, 7) is 11.2. The molecule has 490 valence electrons. The maximum atomic E-state index is 14.6. The zero-order chi connectivity index (χ0) is 66.3. The fraction of sp³-hybridized carbons (Fsp3) is 0.452. The summed E-state index contributed by atoms with van der Waals surface area (Å²) in [5.41, 5.74) is 2.19. The van der Waals surface area contributed by atoms with E-state index >= 15 is 0 Å². The average Bonchev–Trinajstić information content (AvgIpc) is 1.70. The molecule has 0 spiro atoms. The highest BCUT2D eigenvalue weighted by Gasteiger charge is 2.60. The van der Waals surface area contributed by atoms with E-state index in [4.69, 9.17) is 42.1 Å². The van der Waals surface area contributed by atoms with Crippen LogP contribution in [0.4, 0.5) is 22.7 Å². The molecule has 9 atom stereocenters. The third-order valence-corrected chi connectivity index (χ3v) is 21.6. The van der Waals surface area contributed by atoms with Crippen molar-refractivity contribution in [3.8, 4) is 11.5 Å². The number of fused-ring (bicyclic) bond motifs is 5. The summed E-state index contributed by atoms with van der Waals surface area (Å²) in [4.78, 5) is 74.1. The molecule has 0 radical (unpaired) electrons. The van der Waals surface area contributed by atoms with E-state index in [1.54, 1.807) is 36.4 Å². The number of non-ortho nitro benzene ring substituents is 4. The summed E-state index contributed by atoms with van der Waals surface area (Å²) in [6.07, 6.45) is 18.5. The number of nitro benzene ring substituents is 4. The fourth-order valence-electron chi connectivity index (χ4n) is 16.4. The van der Waals surface area contributed by atoms with Crippen LogP contribution >= 0.6 is 23.2 Å². The van der Waals surface area contributed by atoms with Gasteiger partial charge in [-0.15, -0.1) is 0 Å². The van der Waals surface area contributed by atoms with Gasteiger partial charge in [0.25, 0.3) is 22.7 Å². The van der Waals surface area contributed by atoms with Crippen LogP contribution in [0.2, 0.25) is 10.0 Å². The third-order valence-electron chi connectivity index (χ3n) is 21.0. The molecular formula is C73H80Cl2N4O14. The molecule has 1 unspecified atom stereocenters. The molecule has 6 aromatic carbocycles. The van der Waals surface area contributed by atoms with Gasteiger partial charge in [0.2, 0.25) is 0 Å². The number of halogens is 2. The van der Waals surface area contributed by atoms with Crippen molar-refractivity contribution in [2.45, 2.75) is 151 Å². The van der Waals surface area contributed by atoms with Crippen molar-refractivity contribution < 1.29 is 48.2 Å². The molecule has 0 N–H and O–H groups in total.